The summed E-state index contributed by atoms with van der Waals surface area (Å²) in [6.45, 7) is 3.69. The second-order valence-corrected chi connectivity index (χ2v) is 4.59. The number of hydrogen-bond acceptors (Lipinski definition) is 4. The Labute approximate surface area is 132 Å². The SMILES string of the molecule is CN=C(NCC(C)N(C)C)N(C)Cc1ccon1.I. The van der Waals surface area contributed by atoms with Crippen LogP contribution < -0.4 is 5.32 Å². The first kappa shape index (κ1) is 18.2. The Morgan fingerprint density at radius 2 is 2.16 bits per heavy atom. The lowest BCUT2D eigenvalue weighted by Crippen LogP contribution is -2.44. The van der Waals surface area contributed by atoms with Gasteiger partial charge in [0.05, 0.1) is 6.54 Å². The molecule has 0 saturated heterocycles. The summed E-state index contributed by atoms with van der Waals surface area (Å²) in [5.74, 6) is 0.853. The summed E-state index contributed by atoms with van der Waals surface area (Å²) >= 11 is 0. The molecule has 1 aromatic rings. The van der Waals surface area contributed by atoms with Crippen molar-refractivity contribution in [3.05, 3.63) is 18.0 Å². The summed E-state index contributed by atoms with van der Waals surface area (Å²) in [7, 11) is 7.88. The average Bonchev–Trinajstić information content (AvgIpc) is 2.82. The zero-order valence-corrected chi connectivity index (χ0v) is 14.6. The first-order chi connectivity index (χ1) is 8.54. The lowest BCUT2D eigenvalue weighted by atomic mass is 10.3. The first-order valence-electron chi connectivity index (χ1n) is 6.02. The smallest absolute Gasteiger partial charge is 0.193 e. The molecule has 0 bridgehead atoms. The number of nitrogens with zero attached hydrogens (tertiary/aromatic N) is 4. The van der Waals surface area contributed by atoms with Crippen molar-refractivity contribution in [1.29, 1.82) is 0 Å². The average molecular weight is 381 g/mol. The Bertz CT molecular complexity index is 366. The van der Waals surface area contributed by atoms with Gasteiger partial charge >= 0.3 is 0 Å². The van der Waals surface area contributed by atoms with Crippen molar-refractivity contribution in [2.24, 2.45) is 4.99 Å². The van der Waals surface area contributed by atoms with Crippen LogP contribution >= 0.6 is 24.0 Å². The van der Waals surface area contributed by atoms with Gasteiger partial charge in [0.1, 0.15) is 12.0 Å². The highest BCUT2D eigenvalue weighted by molar-refractivity contribution is 14.0. The molecule has 0 fully saturated rings. The van der Waals surface area contributed by atoms with Crippen molar-refractivity contribution < 1.29 is 4.52 Å². The van der Waals surface area contributed by atoms with E-state index in [0.717, 1.165) is 18.2 Å². The quantitative estimate of drug-likeness (QED) is 0.473. The van der Waals surface area contributed by atoms with Crippen LogP contribution in [0.3, 0.4) is 0 Å². The van der Waals surface area contributed by atoms with E-state index in [-0.39, 0.29) is 24.0 Å². The highest BCUT2D eigenvalue weighted by atomic mass is 127. The van der Waals surface area contributed by atoms with Crippen LogP contribution in [0, 0.1) is 0 Å². The third-order valence-corrected chi connectivity index (χ3v) is 2.90. The molecule has 0 amide bonds. The highest BCUT2D eigenvalue weighted by Crippen LogP contribution is 2.00. The van der Waals surface area contributed by atoms with Crippen molar-refractivity contribution >= 4 is 29.9 Å². The minimum absolute atomic E-state index is 0. The summed E-state index contributed by atoms with van der Waals surface area (Å²) in [4.78, 5) is 8.43. The van der Waals surface area contributed by atoms with Crippen molar-refractivity contribution in [1.82, 2.24) is 20.3 Å². The predicted octanol–water partition coefficient (Wildman–Crippen LogP) is 1.25. The van der Waals surface area contributed by atoms with Crippen LogP contribution in [0.1, 0.15) is 12.6 Å². The van der Waals surface area contributed by atoms with Gasteiger partial charge in [-0.2, -0.15) is 0 Å². The van der Waals surface area contributed by atoms with Gasteiger partial charge in [-0.1, -0.05) is 5.16 Å². The van der Waals surface area contributed by atoms with Gasteiger partial charge in [0, 0.05) is 32.7 Å². The van der Waals surface area contributed by atoms with Crippen LogP contribution in [0.15, 0.2) is 21.8 Å². The lowest BCUT2D eigenvalue weighted by Gasteiger charge is -2.25. The molecule has 1 aromatic heterocycles. The molecule has 110 valence electrons. The molecular weight excluding hydrogens is 357 g/mol. The number of halogens is 1. The van der Waals surface area contributed by atoms with Gasteiger partial charge in [-0.3, -0.25) is 4.99 Å². The van der Waals surface area contributed by atoms with E-state index in [2.05, 4.69) is 41.4 Å². The maximum atomic E-state index is 4.81. The summed E-state index contributed by atoms with van der Waals surface area (Å²) in [5.41, 5.74) is 0.890. The number of hydrogen-bond donors (Lipinski definition) is 1. The van der Waals surface area contributed by atoms with E-state index in [1.54, 1.807) is 13.3 Å². The van der Waals surface area contributed by atoms with E-state index >= 15 is 0 Å². The van der Waals surface area contributed by atoms with E-state index < -0.39 is 0 Å². The molecule has 0 aliphatic carbocycles. The van der Waals surface area contributed by atoms with Crippen LogP contribution in [0.5, 0.6) is 0 Å². The molecule has 0 aliphatic rings. The van der Waals surface area contributed by atoms with Crippen molar-refractivity contribution in [3.8, 4) is 0 Å². The molecular formula is C12H24IN5O. The van der Waals surface area contributed by atoms with Crippen LogP contribution in [0.25, 0.3) is 0 Å². The Kier molecular flexibility index (Phi) is 8.73. The molecule has 7 heteroatoms. The van der Waals surface area contributed by atoms with Gasteiger partial charge in [0.15, 0.2) is 5.96 Å². The molecule has 1 atom stereocenters. The van der Waals surface area contributed by atoms with E-state index in [1.165, 1.54) is 0 Å². The first-order valence-corrected chi connectivity index (χ1v) is 6.02. The third-order valence-electron chi connectivity index (χ3n) is 2.90. The van der Waals surface area contributed by atoms with Crippen molar-refractivity contribution in [3.63, 3.8) is 0 Å². The Morgan fingerprint density at radius 1 is 1.47 bits per heavy atom. The normalized spacial score (nSPS) is 13.1. The van der Waals surface area contributed by atoms with E-state index in [9.17, 15) is 0 Å². The Balaban J connectivity index is 0.00000324. The summed E-state index contributed by atoms with van der Waals surface area (Å²) in [6.07, 6.45) is 1.58. The zero-order chi connectivity index (χ0) is 13.5. The molecule has 6 nitrogen and oxygen atoms in total. The van der Waals surface area contributed by atoms with Crippen LogP contribution in [-0.4, -0.2) is 61.7 Å². The molecule has 0 spiro atoms. The minimum atomic E-state index is 0. The highest BCUT2D eigenvalue weighted by Gasteiger charge is 2.10. The largest absolute Gasteiger partial charge is 0.364 e. The fourth-order valence-corrected chi connectivity index (χ4v) is 1.44. The number of rotatable bonds is 5. The molecule has 1 N–H and O–H groups in total. The lowest BCUT2D eigenvalue weighted by molar-refractivity contribution is 0.309. The van der Waals surface area contributed by atoms with Gasteiger partial charge in [-0.25, -0.2) is 0 Å². The van der Waals surface area contributed by atoms with E-state index in [0.29, 0.717) is 12.6 Å². The van der Waals surface area contributed by atoms with Gasteiger partial charge in [-0.15, -0.1) is 24.0 Å². The molecule has 1 heterocycles. The second kappa shape index (κ2) is 9.13. The molecule has 1 rings (SSSR count). The van der Waals surface area contributed by atoms with E-state index in [4.69, 9.17) is 4.52 Å². The van der Waals surface area contributed by atoms with Crippen molar-refractivity contribution in [2.45, 2.75) is 19.5 Å². The second-order valence-electron chi connectivity index (χ2n) is 4.59. The molecule has 1 unspecified atom stereocenters. The topological polar surface area (TPSA) is 56.9 Å². The summed E-state index contributed by atoms with van der Waals surface area (Å²) in [5, 5.41) is 7.23. The molecule has 0 aromatic carbocycles. The maximum absolute atomic E-state index is 4.81. The Hall–Kier alpha value is -0.830. The molecule has 19 heavy (non-hydrogen) atoms. The van der Waals surface area contributed by atoms with Gasteiger partial charge in [0.25, 0.3) is 0 Å². The molecule has 0 aliphatic heterocycles. The Morgan fingerprint density at radius 3 is 2.63 bits per heavy atom. The van der Waals surface area contributed by atoms with Crippen LogP contribution in [0.2, 0.25) is 0 Å². The number of likely N-dealkylation sites (N-methyl/N-ethyl adjacent to an activating group) is 1. The number of nitrogens with one attached hydrogen (secondary N) is 1. The summed E-state index contributed by atoms with van der Waals surface area (Å²) in [6, 6.07) is 2.30. The van der Waals surface area contributed by atoms with Crippen molar-refractivity contribution in [2.75, 3.05) is 34.7 Å². The zero-order valence-electron chi connectivity index (χ0n) is 12.3. The molecule has 0 saturated carbocycles. The van der Waals surface area contributed by atoms with Gasteiger partial charge in [-0.05, 0) is 21.0 Å². The minimum Gasteiger partial charge on any atom is -0.364 e. The number of guanidine groups is 1. The fraction of sp³-hybridized carbons (Fsp3) is 0.667. The van der Waals surface area contributed by atoms with Gasteiger partial charge < -0.3 is 19.6 Å². The standard InChI is InChI=1S/C12H23N5O.HI/c1-10(16(3)4)8-14-12(13-2)17(5)9-11-6-7-18-15-11;/h6-7,10H,8-9H2,1-5H3,(H,13,14);1H. The monoisotopic (exact) mass is 381 g/mol. The summed E-state index contributed by atoms with van der Waals surface area (Å²) < 4.78 is 4.81. The fourth-order valence-electron chi connectivity index (χ4n) is 1.44. The van der Waals surface area contributed by atoms with E-state index in [1.807, 2.05) is 18.0 Å². The van der Waals surface area contributed by atoms with Crippen LogP contribution in [0.4, 0.5) is 0 Å². The predicted molar refractivity (Wildman–Crippen MR) is 87.9 cm³/mol. The van der Waals surface area contributed by atoms with Crippen LogP contribution in [-0.2, 0) is 6.54 Å². The number of aliphatic imine (C=N–C) groups is 1. The number of aromatic nitrogens is 1. The molecule has 0 radical (unpaired) electrons. The third kappa shape index (κ3) is 6.24. The maximum Gasteiger partial charge on any atom is 0.193 e. The van der Waals surface area contributed by atoms with Gasteiger partial charge in [0.2, 0.25) is 0 Å².